The molecule has 3 heteroatoms. The zero-order chi connectivity index (χ0) is 13.5. The van der Waals surface area contributed by atoms with E-state index in [1.807, 2.05) is 6.20 Å². The van der Waals surface area contributed by atoms with E-state index in [0.29, 0.717) is 0 Å². The maximum absolute atomic E-state index is 4.56. The molecule has 1 aromatic carbocycles. The monoisotopic (exact) mass is 255 g/mol. The van der Waals surface area contributed by atoms with Gasteiger partial charge < -0.3 is 9.88 Å². The molecule has 1 aliphatic heterocycles. The lowest BCUT2D eigenvalue weighted by Gasteiger charge is -2.20. The number of rotatable bonds is 1. The summed E-state index contributed by atoms with van der Waals surface area (Å²) in [5, 5.41) is 3.39. The standard InChI is InChI=1S/C16H21N3/c1-16(2,3)13-7-5-12(6-8-13)15-18-11-14-17-9-4-10-19(14)15/h5-8,11,17H,4,9-10H2,1-3H3. The van der Waals surface area contributed by atoms with Gasteiger partial charge in [-0.05, 0) is 17.4 Å². The summed E-state index contributed by atoms with van der Waals surface area (Å²) in [6, 6.07) is 8.80. The van der Waals surface area contributed by atoms with E-state index in [0.717, 1.165) is 31.2 Å². The van der Waals surface area contributed by atoms with Crippen molar-refractivity contribution in [2.45, 2.75) is 39.2 Å². The highest BCUT2D eigenvalue weighted by Crippen LogP contribution is 2.28. The minimum absolute atomic E-state index is 0.201. The van der Waals surface area contributed by atoms with Gasteiger partial charge in [0.2, 0.25) is 0 Å². The summed E-state index contributed by atoms with van der Waals surface area (Å²) in [4.78, 5) is 4.56. The predicted octanol–water partition coefficient (Wildman–Crippen LogP) is 3.66. The highest BCUT2D eigenvalue weighted by Gasteiger charge is 2.16. The van der Waals surface area contributed by atoms with Crippen molar-refractivity contribution in [3.8, 4) is 11.4 Å². The lowest BCUT2D eigenvalue weighted by Crippen LogP contribution is -2.17. The topological polar surface area (TPSA) is 29.9 Å². The second-order valence-corrected chi connectivity index (χ2v) is 6.23. The van der Waals surface area contributed by atoms with Crippen LogP contribution in [0.15, 0.2) is 30.5 Å². The summed E-state index contributed by atoms with van der Waals surface area (Å²) in [7, 11) is 0. The van der Waals surface area contributed by atoms with Crippen molar-refractivity contribution < 1.29 is 0 Å². The van der Waals surface area contributed by atoms with Crippen LogP contribution in [0.2, 0.25) is 0 Å². The average Bonchev–Trinajstić information content (AvgIpc) is 2.82. The van der Waals surface area contributed by atoms with Crippen LogP contribution in [0.3, 0.4) is 0 Å². The van der Waals surface area contributed by atoms with Gasteiger partial charge in [0.05, 0.1) is 6.20 Å². The van der Waals surface area contributed by atoms with Crippen molar-refractivity contribution in [1.82, 2.24) is 9.55 Å². The molecule has 1 aliphatic rings. The number of fused-ring (bicyclic) bond motifs is 1. The number of nitrogens with one attached hydrogen (secondary N) is 1. The molecule has 0 radical (unpaired) electrons. The molecule has 0 amide bonds. The third-order valence-electron chi connectivity index (χ3n) is 3.73. The first-order valence-electron chi connectivity index (χ1n) is 6.96. The minimum Gasteiger partial charge on any atom is -0.370 e. The third-order valence-corrected chi connectivity index (χ3v) is 3.73. The van der Waals surface area contributed by atoms with Crippen LogP contribution in [0.25, 0.3) is 11.4 Å². The number of aromatic nitrogens is 2. The zero-order valence-electron chi connectivity index (χ0n) is 11.9. The summed E-state index contributed by atoms with van der Waals surface area (Å²) < 4.78 is 2.27. The van der Waals surface area contributed by atoms with Gasteiger partial charge in [-0.15, -0.1) is 0 Å². The van der Waals surface area contributed by atoms with Gasteiger partial charge in [-0.3, -0.25) is 0 Å². The van der Waals surface area contributed by atoms with Crippen molar-refractivity contribution in [1.29, 1.82) is 0 Å². The van der Waals surface area contributed by atoms with E-state index >= 15 is 0 Å². The van der Waals surface area contributed by atoms with E-state index in [2.05, 4.69) is 59.9 Å². The molecule has 0 spiro atoms. The Labute approximate surface area is 114 Å². The molecule has 0 atom stereocenters. The van der Waals surface area contributed by atoms with Gasteiger partial charge in [-0.2, -0.15) is 0 Å². The molecule has 0 saturated heterocycles. The van der Waals surface area contributed by atoms with Crippen LogP contribution in [0.1, 0.15) is 32.8 Å². The summed E-state index contributed by atoms with van der Waals surface area (Å²) in [6.07, 6.45) is 3.10. The molecule has 0 aliphatic carbocycles. The van der Waals surface area contributed by atoms with Crippen LogP contribution in [-0.4, -0.2) is 16.1 Å². The molecular weight excluding hydrogens is 234 g/mol. The van der Waals surface area contributed by atoms with E-state index in [1.54, 1.807) is 0 Å². The lowest BCUT2D eigenvalue weighted by molar-refractivity contribution is 0.590. The van der Waals surface area contributed by atoms with Crippen molar-refractivity contribution in [3.63, 3.8) is 0 Å². The maximum atomic E-state index is 4.56. The van der Waals surface area contributed by atoms with Gasteiger partial charge in [-0.1, -0.05) is 45.0 Å². The fourth-order valence-electron chi connectivity index (χ4n) is 2.55. The van der Waals surface area contributed by atoms with Crippen molar-refractivity contribution in [2.75, 3.05) is 11.9 Å². The van der Waals surface area contributed by atoms with Crippen molar-refractivity contribution in [3.05, 3.63) is 36.0 Å². The second kappa shape index (κ2) is 4.41. The van der Waals surface area contributed by atoms with Gasteiger partial charge in [0.1, 0.15) is 11.6 Å². The molecule has 19 heavy (non-hydrogen) atoms. The lowest BCUT2D eigenvalue weighted by atomic mass is 9.87. The summed E-state index contributed by atoms with van der Waals surface area (Å²) in [6.45, 7) is 8.82. The van der Waals surface area contributed by atoms with Crippen molar-refractivity contribution >= 4 is 5.82 Å². The number of anilines is 1. The normalized spacial score (nSPS) is 14.9. The third kappa shape index (κ3) is 2.25. The van der Waals surface area contributed by atoms with Crippen LogP contribution >= 0.6 is 0 Å². The number of hydrogen-bond donors (Lipinski definition) is 1. The Balaban J connectivity index is 1.97. The predicted molar refractivity (Wildman–Crippen MR) is 79.5 cm³/mol. The summed E-state index contributed by atoms with van der Waals surface area (Å²) >= 11 is 0. The maximum Gasteiger partial charge on any atom is 0.141 e. The Bertz CT molecular complexity index is 573. The number of imidazole rings is 1. The van der Waals surface area contributed by atoms with E-state index in [-0.39, 0.29) is 5.41 Å². The van der Waals surface area contributed by atoms with Gasteiger partial charge in [0.15, 0.2) is 0 Å². The van der Waals surface area contributed by atoms with E-state index < -0.39 is 0 Å². The van der Waals surface area contributed by atoms with E-state index in [4.69, 9.17) is 0 Å². The Hall–Kier alpha value is -1.77. The summed E-state index contributed by atoms with van der Waals surface area (Å²) in [5.41, 5.74) is 2.76. The van der Waals surface area contributed by atoms with Crippen LogP contribution < -0.4 is 5.32 Å². The minimum atomic E-state index is 0.201. The molecule has 0 fully saturated rings. The Morgan fingerprint density at radius 2 is 1.89 bits per heavy atom. The molecule has 1 aromatic heterocycles. The summed E-state index contributed by atoms with van der Waals surface area (Å²) in [5.74, 6) is 2.21. The smallest absolute Gasteiger partial charge is 0.141 e. The second-order valence-electron chi connectivity index (χ2n) is 6.23. The SMILES string of the molecule is CC(C)(C)c1ccc(-c2ncc3n2CCCN3)cc1. The Kier molecular flexibility index (Phi) is 2.85. The number of hydrogen-bond acceptors (Lipinski definition) is 2. The molecule has 0 unspecified atom stereocenters. The molecule has 0 saturated carbocycles. The molecule has 100 valence electrons. The van der Waals surface area contributed by atoms with Crippen LogP contribution in [-0.2, 0) is 12.0 Å². The van der Waals surface area contributed by atoms with Gasteiger partial charge >= 0.3 is 0 Å². The van der Waals surface area contributed by atoms with Gasteiger partial charge in [0, 0.05) is 18.7 Å². The average molecular weight is 255 g/mol. The first kappa shape index (κ1) is 12.3. The molecule has 2 heterocycles. The fraction of sp³-hybridized carbons (Fsp3) is 0.438. The van der Waals surface area contributed by atoms with Gasteiger partial charge in [-0.25, -0.2) is 4.98 Å². The van der Waals surface area contributed by atoms with Crippen LogP contribution in [0.5, 0.6) is 0 Å². The first-order chi connectivity index (χ1) is 9.05. The Morgan fingerprint density at radius 3 is 2.58 bits per heavy atom. The highest BCUT2D eigenvalue weighted by atomic mass is 15.2. The number of benzene rings is 1. The van der Waals surface area contributed by atoms with Crippen molar-refractivity contribution in [2.24, 2.45) is 0 Å². The number of nitrogens with zero attached hydrogens (tertiary/aromatic N) is 2. The largest absolute Gasteiger partial charge is 0.370 e. The molecule has 3 rings (SSSR count). The van der Waals surface area contributed by atoms with E-state index in [1.165, 1.54) is 11.1 Å². The first-order valence-corrected chi connectivity index (χ1v) is 6.96. The van der Waals surface area contributed by atoms with Crippen LogP contribution in [0, 0.1) is 0 Å². The zero-order valence-corrected chi connectivity index (χ0v) is 11.9. The molecule has 3 nitrogen and oxygen atoms in total. The van der Waals surface area contributed by atoms with E-state index in [9.17, 15) is 0 Å². The Morgan fingerprint density at radius 1 is 1.16 bits per heavy atom. The van der Waals surface area contributed by atoms with Gasteiger partial charge in [0.25, 0.3) is 0 Å². The molecule has 2 aromatic rings. The fourth-order valence-corrected chi connectivity index (χ4v) is 2.55. The molecular formula is C16H21N3. The highest BCUT2D eigenvalue weighted by molar-refractivity contribution is 5.60. The molecule has 0 bridgehead atoms. The quantitative estimate of drug-likeness (QED) is 0.842. The molecule has 1 N–H and O–H groups in total. The van der Waals surface area contributed by atoms with Crippen LogP contribution in [0.4, 0.5) is 5.82 Å².